The van der Waals surface area contributed by atoms with Gasteiger partial charge in [0.1, 0.15) is 5.70 Å². The van der Waals surface area contributed by atoms with Crippen molar-refractivity contribution in [2.24, 2.45) is 0 Å². The van der Waals surface area contributed by atoms with E-state index in [1.807, 2.05) is 66.2 Å². The number of nitrogens with one attached hydrogen (secondary N) is 3. The molecule has 5 aromatic rings. The second-order valence-corrected chi connectivity index (χ2v) is 12.1. The molecule has 0 atom stereocenters. The minimum Gasteiger partial charge on any atom is -0.321 e. The standard InChI is InChI=1S/C32H26N4O3S3/c1-21-29(23-9-4-2-5-10-23)36-32(42-21)35-28(37)20-41-26-14-8-13-25(18-26)33-31(39)27(17-22-15-16-40-19-22)34-30(38)24-11-6-3-7-12-24/h2-19H,20H2,1H3,(H,33,39)(H,34,38)(H,35,36,37)/b27-17-. The Morgan fingerprint density at radius 1 is 0.905 bits per heavy atom. The van der Waals surface area contributed by atoms with Gasteiger partial charge >= 0.3 is 0 Å². The fourth-order valence-corrected chi connectivity index (χ4v) is 6.17. The summed E-state index contributed by atoms with van der Waals surface area (Å²) in [6.07, 6.45) is 1.64. The fraction of sp³-hybridized carbons (Fsp3) is 0.0625. The summed E-state index contributed by atoms with van der Waals surface area (Å²) in [5.41, 5.74) is 3.78. The highest BCUT2D eigenvalue weighted by Gasteiger charge is 2.16. The first-order valence-corrected chi connectivity index (χ1v) is 15.7. The van der Waals surface area contributed by atoms with Crippen LogP contribution in [0.3, 0.4) is 0 Å². The highest BCUT2D eigenvalue weighted by molar-refractivity contribution is 8.00. The number of benzene rings is 3. The number of thiophene rings is 1. The van der Waals surface area contributed by atoms with Crippen molar-refractivity contribution in [1.82, 2.24) is 10.3 Å². The molecule has 0 saturated heterocycles. The third kappa shape index (κ3) is 7.82. The van der Waals surface area contributed by atoms with Gasteiger partial charge in [-0.05, 0) is 65.7 Å². The third-order valence-corrected chi connectivity index (χ3v) is 8.52. The SMILES string of the molecule is Cc1sc(NC(=O)CSc2cccc(NC(=O)/C(=C/c3ccsc3)NC(=O)c3ccccc3)c2)nc1-c1ccccc1. The zero-order valence-electron chi connectivity index (χ0n) is 22.5. The molecule has 3 N–H and O–H groups in total. The number of carbonyl (C=O) groups is 3. The Labute approximate surface area is 255 Å². The lowest BCUT2D eigenvalue weighted by Gasteiger charge is -2.12. The summed E-state index contributed by atoms with van der Waals surface area (Å²) in [4.78, 5) is 45.2. The molecule has 0 bridgehead atoms. The number of hydrogen-bond donors (Lipinski definition) is 3. The van der Waals surface area contributed by atoms with Crippen molar-refractivity contribution in [3.8, 4) is 11.3 Å². The first-order valence-electron chi connectivity index (χ1n) is 12.9. The molecular weight excluding hydrogens is 585 g/mol. The van der Waals surface area contributed by atoms with Crippen LogP contribution in [-0.2, 0) is 9.59 Å². The topological polar surface area (TPSA) is 100 Å². The second-order valence-electron chi connectivity index (χ2n) is 9.04. The van der Waals surface area contributed by atoms with Crippen molar-refractivity contribution in [3.63, 3.8) is 0 Å². The number of aromatic nitrogens is 1. The van der Waals surface area contributed by atoms with E-state index in [9.17, 15) is 14.4 Å². The highest BCUT2D eigenvalue weighted by Crippen LogP contribution is 2.30. The molecule has 3 amide bonds. The normalized spacial score (nSPS) is 11.1. The Morgan fingerprint density at radius 3 is 2.40 bits per heavy atom. The minimum atomic E-state index is -0.460. The summed E-state index contributed by atoms with van der Waals surface area (Å²) < 4.78 is 0. The molecule has 0 fully saturated rings. The molecule has 10 heteroatoms. The van der Waals surface area contributed by atoms with Crippen LogP contribution in [-0.4, -0.2) is 28.5 Å². The van der Waals surface area contributed by atoms with Crippen LogP contribution in [0, 0.1) is 6.92 Å². The van der Waals surface area contributed by atoms with Gasteiger partial charge in [-0.15, -0.1) is 23.1 Å². The van der Waals surface area contributed by atoms with E-state index in [2.05, 4.69) is 20.9 Å². The van der Waals surface area contributed by atoms with Crippen LogP contribution >= 0.6 is 34.4 Å². The first kappa shape index (κ1) is 29.0. The highest BCUT2D eigenvalue weighted by atomic mass is 32.2. The van der Waals surface area contributed by atoms with Gasteiger partial charge in [-0.2, -0.15) is 11.3 Å². The number of carbonyl (C=O) groups excluding carboxylic acids is 3. The predicted molar refractivity (Wildman–Crippen MR) is 173 cm³/mol. The van der Waals surface area contributed by atoms with Crippen LogP contribution in [0.5, 0.6) is 0 Å². The smallest absolute Gasteiger partial charge is 0.272 e. The van der Waals surface area contributed by atoms with Crippen molar-refractivity contribution in [3.05, 3.63) is 123 Å². The maximum absolute atomic E-state index is 13.3. The van der Waals surface area contributed by atoms with Crippen LogP contribution in [0.1, 0.15) is 20.8 Å². The number of anilines is 2. The Hall–Kier alpha value is -4.51. The van der Waals surface area contributed by atoms with Gasteiger partial charge in [0.05, 0.1) is 11.4 Å². The van der Waals surface area contributed by atoms with Crippen LogP contribution < -0.4 is 16.0 Å². The number of rotatable bonds is 10. The lowest BCUT2D eigenvalue weighted by Crippen LogP contribution is -2.30. The van der Waals surface area contributed by atoms with E-state index in [1.165, 1.54) is 34.4 Å². The Kier molecular flexibility index (Phi) is 9.60. The fourth-order valence-electron chi connectivity index (χ4n) is 3.95. The number of aryl methyl sites for hydroxylation is 1. The van der Waals surface area contributed by atoms with E-state index < -0.39 is 5.91 Å². The van der Waals surface area contributed by atoms with E-state index >= 15 is 0 Å². The lowest BCUT2D eigenvalue weighted by atomic mass is 10.1. The molecule has 0 saturated carbocycles. The maximum atomic E-state index is 13.3. The van der Waals surface area contributed by atoms with Gasteiger partial charge in [0, 0.05) is 26.6 Å². The number of thiazole rings is 1. The number of hydrogen-bond acceptors (Lipinski definition) is 7. The molecule has 0 aliphatic carbocycles. The molecule has 7 nitrogen and oxygen atoms in total. The summed E-state index contributed by atoms with van der Waals surface area (Å²) in [5, 5.41) is 12.8. The van der Waals surface area contributed by atoms with Gasteiger partial charge in [-0.3, -0.25) is 14.4 Å². The van der Waals surface area contributed by atoms with Crippen molar-refractivity contribution < 1.29 is 14.4 Å². The van der Waals surface area contributed by atoms with Crippen LogP contribution in [0.2, 0.25) is 0 Å². The summed E-state index contributed by atoms with van der Waals surface area (Å²) in [7, 11) is 0. The molecule has 0 aliphatic heterocycles. The largest absolute Gasteiger partial charge is 0.321 e. The molecule has 0 spiro atoms. The molecular formula is C32H26N4O3S3. The second kappa shape index (κ2) is 13.9. The molecule has 0 radical (unpaired) electrons. The number of thioether (sulfide) groups is 1. The van der Waals surface area contributed by atoms with Gasteiger partial charge < -0.3 is 16.0 Å². The van der Waals surface area contributed by atoms with Crippen LogP contribution in [0.15, 0.2) is 112 Å². The first-order chi connectivity index (χ1) is 20.4. The Bertz CT molecular complexity index is 1720. The number of nitrogens with zero attached hydrogens (tertiary/aromatic N) is 1. The van der Waals surface area contributed by atoms with Crippen molar-refractivity contribution >= 4 is 69.1 Å². The number of amides is 3. The molecule has 0 unspecified atom stereocenters. The minimum absolute atomic E-state index is 0.119. The molecule has 2 aromatic heterocycles. The average Bonchev–Trinajstić information content (AvgIpc) is 3.66. The zero-order chi connectivity index (χ0) is 29.3. The zero-order valence-corrected chi connectivity index (χ0v) is 24.9. The average molecular weight is 611 g/mol. The molecule has 42 heavy (non-hydrogen) atoms. The van der Waals surface area contributed by atoms with Crippen LogP contribution in [0.25, 0.3) is 17.3 Å². The summed E-state index contributed by atoms with van der Waals surface area (Å²) in [6.45, 7) is 1.98. The summed E-state index contributed by atoms with van der Waals surface area (Å²) in [5.74, 6) is -0.840. The van der Waals surface area contributed by atoms with Crippen molar-refractivity contribution in [2.45, 2.75) is 11.8 Å². The molecule has 0 aliphatic rings. The van der Waals surface area contributed by atoms with Gasteiger partial charge in [-0.1, -0.05) is 54.6 Å². The maximum Gasteiger partial charge on any atom is 0.272 e. The lowest BCUT2D eigenvalue weighted by molar-refractivity contribution is -0.114. The van der Waals surface area contributed by atoms with Crippen molar-refractivity contribution in [1.29, 1.82) is 0 Å². The third-order valence-electron chi connectivity index (χ3n) is 5.93. The van der Waals surface area contributed by atoms with Gasteiger partial charge in [0.2, 0.25) is 5.91 Å². The van der Waals surface area contributed by atoms with Gasteiger partial charge in [-0.25, -0.2) is 4.98 Å². The van der Waals surface area contributed by atoms with Crippen molar-refractivity contribution in [2.75, 3.05) is 16.4 Å². The van der Waals surface area contributed by atoms with Gasteiger partial charge in [0.15, 0.2) is 5.13 Å². The van der Waals surface area contributed by atoms with E-state index in [4.69, 9.17) is 0 Å². The quantitative estimate of drug-likeness (QED) is 0.114. The van der Waals surface area contributed by atoms with E-state index in [0.717, 1.165) is 26.6 Å². The molecule has 3 aromatic carbocycles. The van der Waals surface area contributed by atoms with E-state index in [0.29, 0.717) is 16.4 Å². The Morgan fingerprint density at radius 2 is 1.67 bits per heavy atom. The van der Waals surface area contributed by atoms with Crippen LogP contribution in [0.4, 0.5) is 10.8 Å². The molecule has 5 rings (SSSR count). The molecule has 2 heterocycles. The predicted octanol–water partition coefficient (Wildman–Crippen LogP) is 7.32. The van der Waals surface area contributed by atoms with Gasteiger partial charge in [0.25, 0.3) is 11.8 Å². The molecule has 210 valence electrons. The Balaban J connectivity index is 1.21. The monoisotopic (exact) mass is 610 g/mol. The van der Waals surface area contributed by atoms with E-state index in [1.54, 1.807) is 48.5 Å². The summed E-state index contributed by atoms with van der Waals surface area (Å²) >= 11 is 4.28. The summed E-state index contributed by atoms with van der Waals surface area (Å²) in [6, 6.07) is 27.7. The van der Waals surface area contributed by atoms with E-state index in [-0.39, 0.29) is 23.3 Å².